The number of amides is 1. The molecule has 0 aromatic carbocycles. The van der Waals surface area contributed by atoms with E-state index in [2.05, 4.69) is 5.32 Å². The van der Waals surface area contributed by atoms with E-state index < -0.39 is 17.8 Å². The molecule has 5 heteroatoms. The van der Waals surface area contributed by atoms with Crippen LogP contribution in [0.2, 0.25) is 0 Å². The molecule has 3 rings (SSSR count). The molecule has 0 spiro atoms. The van der Waals surface area contributed by atoms with Gasteiger partial charge in [0.25, 0.3) is 0 Å². The lowest BCUT2D eigenvalue weighted by Crippen LogP contribution is -2.45. The van der Waals surface area contributed by atoms with Crippen LogP contribution in [-0.2, 0) is 14.3 Å². The average Bonchev–Trinajstić information content (AvgIpc) is 3.26. The Labute approximate surface area is 132 Å². The highest BCUT2D eigenvalue weighted by molar-refractivity contribution is 5.94. The van der Waals surface area contributed by atoms with Gasteiger partial charge in [0, 0.05) is 5.54 Å². The normalized spacial score (nSPS) is 34.7. The van der Waals surface area contributed by atoms with Crippen LogP contribution < -0.4 is 5.32 Å². The van der Waals surface area contributed by atoms with Gasteiger partial charge in [-0.15, -0.1) is 0 Å². The van der Waals surface area contributed by atoms with E-state index in [0.717, 1.165) is 11.8 Å². The number of ketones is 1. The van der Waals surface area contributed by atoms with Crippen LogP contribution >= 0.6 is 0 Å². The minimum Gasteiger partial charge on any atom is -0.438 e. The number of fused-ring (bicyclic) bond motifs is 1. The fraction of sp³-hybridized carbons (Fsp3) is 0.882. The van der Waals surface area contributed by atoms with E-state index >= 15 is 0 Å². The second kappa shape index (κ2) is 5.22. The van der Waals surface area contributed by atoms with Crippen LogP contribution in [0.5, 0.6) is 0 Å². The maximum Gasteiger partial charge on any atom is 0.408 e. The molecule has 0 aromatic rings. The van der Waals surface area contributed by atoms with Gasteiger partial charge in [0.1, 0.15) is 0 Å². The van der Waals surface area contributed by atoms with Crippen LogP contribution in [0.4, 0.5) is 4.79 Å². The summed E-state index contributed by atoms with van der Waals surface area (Å²) in [6.45, 7) is 7.88. The summed E-state index contributed by atoms with van der Waals surface area (Å²) in [6, 6.07) is 0. The lowest BCUT2D eigenvalue weighted by molar-refractivity contribution is -0.133. The molecule has 2 saturated carbocycles. The van der Waals surface area contributed by atoms with Crippen LogP contribution in [-0.4, -0.2) is 35.7 Å². The molecule has 1 heterocycles. The van der Waals surface area contributed by atoms with Crippen LogP contribution in [0, 0.1) is 17.8 Å². The molecule has 0 bridgehead atoms. The topological polar surface area (TPSA) is 67.9 Å². The Bertz CT molecular complexity index is 468. The van der Waals surface area contributed by atoms with E-state index in [-0.39, 0.29) is 11.3 Å². The van der Waals surface area contributed by atoms with Gasteiger partial charge >= 0.3 is 6.09 Å². The standard InChI is InChI=1S/C17H27NO4/c1-16(2,3)18-15(20)22-13(14(19)17(4)9-21-17)7-10-5-11-8-12(11)6-10/h10-13H,5-9H2,1-4H3,(H,18,20)/t11-,12-,13+,17-/m1/s1. The summed E-state index contributed by atoms with van der Waals surface area (Å²) >= 11 is 0. The van der Waals surface area contributed by atoms with Crippen molar-refractivity contribution in [3.05, 3.63) is 0 Å². The van der Waals surface area contributed by atoms with Crippen molar-refractivity contribution in [2.24, 2.45) is 17.8 Å². The maximum atomic E-state index is 12.6. The second-order valence-electron chi connectivity index (χ2n) is 8.48. The number of rotatable bonds is 5. The van der Waals surface area contributed by atoms with Gasteiger partial charge in [-0.2, -0.15) is 0 Å². The summed E-state index contributed by atoms with van der Waals surface area (Å²) in [7, 11) is 0. The highest BCUT2D eigenvalue weighted by atomic mass is 16.6. The van der Waals surface area contributed by atoms with Crippen LogP contribution in [0.25, 0.3) is 0 Å². The Kier molecular flexibility index (Phi) is 3.75. The van der Waals surface area contributed by atoms with Gasteiger partial charge in [-0.25, -0.2) is 4.79 Å². The highest BCUT2D eigenvalue weighted by Gasteiger charge is 2.53. The molecule has 3 aliphatic rings. The Morgan fingerprint density at radius 1 is 1.27 bits per heavy atom. The fourth-order valence-electron chi connectivity index (χ4n) is 3.60. The summed E-state index contributed by atoms with van der Waals surface area (Å²) in [5, 5.41) is 2.76. The molecule has 2 aliphatic carbocycles. The molecule has 1 amide bonds. The first kappa shape index (κ1) is 15.8. The largest absolute Gasteiger partial charge is 0.438 e. The zero-order chi connectivity index (χ0) is 16.1. The van der Waals surface area contributed by atoms with Gasteiger partial charge < -0.3 is 14.8 Å². The number of nitrogens with one attached hydrogen (secondary N) is 1. The van der Waals surface area contributed by atoms with E-state index in [1.54, 1.807) is 6.92 Å². The summed E-state index contributed by atoms with van der Waals surface area (Å²) < 4.78 is 10.7. The third-order valence-corrected chi connectivity index (χ3v) is 5.01. The van der Waals surface area contributed by atoms with E-state index in [9.17, 15) is 9.59 Å². The van der Waals surface area contributed by atoms with Crippen molar-refractivity contribution in [2.45, 2.75) is 70.6 Å². The molecule has 0 unspecified atom stereocenters. The monoisotopic (exact) mass is 309 g/mol. The number of ether oxygens (including phenoxy) is 2. The van der Waals surface area contributed by atoms with Crippen molar-refractivity contribution in [1.29, 1.82) is 0 Å². The molecule has 5 nitrogen and oxygen atoms in total. The first-order valence-electron chi connectivity index (χ1n) is 8.33. The Balaban J connectivity index is 1.60. The van der Waals surface area contributed by atoms with Crippen molar-refractivity contribution in [3.63, 3.8) is 0 Å². The van der Waals surface area contributed by atoms with Gasteiger partial charge in [-0.1, -0.05) is 0 Å². The van der Waals surface area contributed by atoms with E-state index in [1.807, 2.05) is 20.8 Å². The quantitative estimate of drug-likeness (QED) is 0.793. The zero-order valence-corrected chi connectivity index (χ0v) is 14.0. The lowest BCUT2D eigenvalue weighted by Gasteiger charge is -2.25. The van der Waals surface area contributed by atoms with Gasteiger partial charge in [-0.3, -0.25) is 4.79 Å². The summed E-state index contributed by atoms with van der Waals surface area (Å²) in [4.78, 5) is 24.6. The number of Topliss-reactive ketones (excluding diaryl/α,β-unsaturated/α-hetero) is 1. The molecule has 4 atom stereocenters. The van der Waals surface area contributed by atoms with Crippen molar-refractivity contribution in [2.75, 3.05) is 6.61 Å². The zero-order valence-electron chi connectivity index (χ0n) is 14.0. The van der Waals surface area contributed by atoms with Crippen molar-refractivity contribution >= 4 is 11.9 Å². The van der Waals surface area contributed by atoms with Gasteiger partial charge in [0.15, 0.2) is 11.7 Å². The smallest absolute Gasteiger partial charge is 0.408 e. The second-order valence-corrected chi connectivity index (χ2v) is 8.48. The van der Waals surface area contributed by atoms with Crippen LogP contribution in [0.3, 0.4) is 0 Å². The molecule has 1 aliphatic heterocycles. The molecule has 1 saturated heterocycles. The number of epoxide rings is 1. The number of hydrogen-bond donors (Lipinski definition) is 1. The summed E-state index contributed by atoms with van der Waals surface area (Å²) in [5.74, 6) is 2.13. The fourth-order valence-corrected chi connectivity index (χ4v) is 3.60. The summed E-state index contributed by atoms with van der Waals surface area (Å²) in [6.07, 6.45) is 3.14. The highest BCUT2D eigenvalue weighted by Crippen LogP contribution is 2.55. The molecule has 124 valence electrons. The average molecular weight is 309 g/mol. The molecular weight excluding hydrogens is 282 g/mol. The van der Waals surface area contributed by atoms with Gasteiger partial charge in [0.2, 0.25) is 5.78 Å². The van der Waals surface area contributed by atoms with Gasteiger partial charge in [0.05, 0.1) is 6.61 Å². The van der Waals surface area contributed by atoms with E-state index in [0.29, 0.717) is 18.9 Å². The van der Waals surface area contributed by atoms with Crippen molar-refractivity contribution in [1.82, 2.24) is 5.32 Å². The Hall–Kier alpha value is -1.10. The lowest BCUT2D eigenvalue weighted by atomic mass is 9.91. The Morgan fingerprint density at radius 3 is 2.36 bits per heavy atom. The first-order valence-corrected chi connectivity index (χ1v) is 8.33. The molecule has 0 aromatic heterocycles. The van der Waals surface area contributed by atoms with Crippen molar-refractivity contribution in [3.8, 4) is 0 Å². The molecule has 3 fully saturated rings. The number of hydrogen-bond acceptors (Lipinski definition) is 4. The minimum atomic E-state index is -0.742. The number of carbonyl (C=O) groups is 2. The number of carbonyl (C=O) groups excluding carboxylic acids is 2. The third kappa shape index (κ3) is 3.62. The SMILES string of the molecule is CC(C)(C)NC(=O)O[C@@H](CC1C[C@@H]2C[C@H]2C1)C(=O)[C@@]1(C)CO1. The molecule has 0 radical (unpaired) electrons. The van der Waals surface area contributed by atoms with E-state index in [4.69, 9.17) is 9.47 Å². The minimum absolute atomic E-state index is 0.0860. The predicted octanol–water partition coefficient (Wildman–Crippen LogP) is 2.67. The summed E-state index contributed by atoms with van der Waals surface area (Å²) in [5.41, 5.74) is -1.12. The molecule has 1 N–H and O–H groups in total. The third-order valence-electron chi connectivity index (χ3n) is 5.01. The van der Waals surface area contributed by atoms with E-state index in [1.165, 1.54) is 19.3 Å². The van der Waals surface area contributed by atoms with Gasteiger partial charge in [-0.05, 0) is 71.1 Å². The first-order chi connectivity index (χ1) is 10.2. The molecule has 22 heavy (non-hydrogen) atoms. The predicted molar refractivity (Wildman–Crippen MR) is 81.5 cm³/mol. The Morgan fingerprint density at radius 2 is 1.86 bits per heavy atom. The van der Waals surface area contributed by atoms with Crippen molar-refractivity contribution < 1.29 is 19.1 Å². The maximum absolute atomic E-state index is 12.6. The number of alkyl carbamates (subject to hydrolysis) is 1. The van der Waals surface area contributed by atoms with Crippen LogP contribution in [0.15, 0.2) is 0 Å². The van der Waals surface area contributed by atoms with Crippen LogP contribution in [0.1, 0.15) is 53.4 Å². The molecular formula is C17H27NO4.